The van der Waals surface area contributed by atoms with Gasteiger partial charge in [0, 0.05) is 50.9 Å². The number of nitrogens with zero attached hydrogens (tertiary/aromatic N) is 3. The molecule has 0 aliphatic carbocycles. The van der Waals surface area contributed by atoms with E-state index in [4.69, 9.17) is 4.74 Å². The van der Waals surface area contributed by atoms with Gasteiger partial charge in [0.25, 0.3) is 0 Å². The lowest BCUT2D eigenvalue weighted by Crippen LogP contribution is -2.50. The summed E-state index contributed by atoms with van der Waals surface area (Å²) in [7, 11) is 1.64. The lowest BCUT2D eigenvalue weighted by molar-refractivity contribution is -0.136. The lowest BCUT2D eigenvalue weighted by Gasteiger charge is -2.37. The minimum absolute atomic E-state index is 0.0255. The molecule has 0 N–H and O–H groups in total. The number of hydrogen-bond acceptors (Lipinski definition) is 4. The van der Waals surface area contributed by atoms with Crippen LogP contribution in [0.1, 0.15) is 6.42 Å². The van der Waals surface area contributed by atoms with Gasteiger partial charge in [0.05, 0.1) is 18.7 Å². The van der Waals surface area contributed by atoms with Crippen LogP contribution in [-0.4, -0.2) is 56.5 Å². The third-order valence-electron chi connectivity index (χ3n) is 5.63. The molecule has 0 aromatic heterocycles. The van der Waals surface area contributed by atoms with E-state index in [2.05, 4.69) is 4.90 Å². The Morgan fingerprint density at radius 3 is 2.55 bits per heavy atom. The van der Waals surface area contributed by atoms with Crippen molar-refractivity contribution in [2.45, 2.75) is 6.42 Å². The molecule has 2 fully saturated rings. The maximum atomic E-state index is 14.1. The topological polar surface area (TPSA) is 53.1 Å². The zero-order valence-electron chi connectivity index (χ0n) is 16.4. The molecule has 152 valence electrons. The predicted molar refractivity (Wildman–Crippen MR) is 109 cm³/mol. The van der Waals surface area contributed by atoms with Crippen molar-refractivity contribution in [3.8, 4) is 5.75 Å². The zero-order valence-corrected chi connectivity index (χ0v) is 16.4. The standard InChI is InChI=1S/C22H24FN3O3/c1-29-18-6-4-5-17(14-18)24-9-11-25(12-10-24)22(28)16-13-21(27)26(15-16)20-8-3-2-7-19(20)23/h2-8,14,16H,9-13,15H2,1H3/t16-/m1/s1. The quantitative estimate of drug-likeness (QED) is 0.796. The molecule has 2 aromatic carbocycles. The van der Waals surface area contributed by atoms with Crippen LogP contribution in [-0.2, 0) is 9.59 Å². The van der Waals surface area contributed by atoms with Gasteiger partial charge >= 0.3 is 0 Å². The molecule has 2 amide bonds. The van der Waals surface area contributed by atoms with Crippen LogP contribution in [0.15, 0.2) is 48.5 Å². The molecule has 4 rings (SSSR count). The molecular weight excluding hydrogens is 373 g/mol. The molecule has 6 nitrogen and oxygen atoms in total. The van der Waals surface area contributed by atoms with Crippen molar-refractivity contribution in [2.24, 2.45) is 5.92 Å². The smallest absolute Gasteiger partial charge is 0.228 e. The average molecular weight is 397 g/mol. The Kier molecular flexibility index (Phi) is 5.38. The molecule has 1 atom stereocenters. The van der Waals surface area contributed by atoms with Crippen LogP contribution in [0.2, 0.25) is 0 Å². The number of halogens is 1. The Balaban J connectivity index is 1.37. The molecule has 0 bridgehead atoms. The largest absolute Gasteiger partial charge is 0.497 e. The van der Waals surface area contributed by atoms with Gasteiger partial charge in [0.1, 0.15) is 11.6 Å². The first-order chi connectivity index (χ1) is 14.1. The highest BCUT2D eigenvalue weighted by atomic mass is 19.1. The van der Waals surface area contributed by atoms with Crippen LogP contribution in [0.5, 0.6) is 5.75 Å². The number of para-hydroxylation sites is 1. The van der Waals surface area contributed by atoms with Crippen LogP contribution < -0.4 is 14.5 Å². The van der Waals surface area contributed by atoms with E-state index in [9.17, 15) is 14.0 Å². The minimum Gasteiger partial charge on any atom is -0.497 e. The SMILES string of the molecule is COc1cccc(N2CCN(C(=O)[C@@H]3CC(=O)N(c4ccccc4F)C3)CC2)c1. The predicted octanol–water partition coefficient (Wildman–Crippen LogP) is 2.54. The van der Waals surface area contributed by atoms with Crippen molar-refractivity contribution in [3.05, 3.63) is 54.3 Å². The van der Waals surface area contributed by atoms with E-state index in [1.165, 1.54) is 11.0 Å². The first-order valence-electron chi connectivity index (χ1n) is 9.79. The summed E-state index contributed by atoms with van der Waals surface area (Å²) >= 11 is 0. The van der Waals surface area contributed by atoms with Gasteiger partial charge in [-0.05, 0) is 24.3 Å². The molecule has 2 aromatic rings. The van der Waals surface area contributed by atoms with Gasteiger partial charge in [0.2, 0.25) is 11.8 Å². The van der Waals surface area contributed by atoms with Crippen LogP contribution in [0.4, 0.5) is 15.8 Å². The monoisotopic (exact) mass is 397 g/mol. The van der Waals surface area contributed by atoms with Gasteiger partial charge < -0.3 is 19.4 Å². The highest BCUT2D eigenvalue weighted by molar-refractivity contribution is 6.00. The van der Waals surface area contributed by atoms with E-state index in [1.807, 2.05) is 29.2 Å². The third kappa shape index (κ3) is 3.90. The van der Waals surface area contributed by atoms with E-state index in [0.29, 0.717) is 13.1 Å². The second-order valence-corrected chi connectivity index (χ2v) is 7.37. The van der Waals surface area contributed by atoms with Gasteiger partial charge in [-0.25, -0.2) is 4.39 Å². The lowest BCUT2D eigenvalue weighted by atomic mass is 10.1. The Bertz CT molecular complexity index is 912. The highest BCUT2D eigenvalue weighted by Gasteiger charge is 2.38. The second-order valence-electron chi connectivity index (χ2n) is 7.37. The van der Waals surface area contributed by atoms with Crippen LogP contribution in [0, 0.1) is 11.7 Å². The number of anilines is 2. The van der Waals surface area contributed by atoms with Crippen molar-refractivity contribution in [1.29, 1.82) is 0 Å². The third-order valence-corrected chi connectivity index (χ3v) is 5.63. The number of carbonyl (C=O) groups excluding carboxylic acids is 2. The van der Waals surface area contributed by atoms with E-state index in [-0.39, 0.29) is 30.5 Å². The molecule has 0 radical (unpaired) electrons. The number of amides is 2. The van der Waals surface area contributed by atoms with E-state index in [1.54, 1.807) is 25.3 Å². The normalized spacial score (nSPS) is 19.6. The molecule has 2 aliphatic heterocycles. The van der Waals surface area contributed by atoms with Crippen molar-refractivity contribution in [1.82, 2.24) is 4.90 Å². The maximum absolute atomic E-state index is 14.1. The minimum atomic E-state index is -0.444. The fourth-order valence-corrected chi connectivity index (χ4v) is 4.03. The number of carbonyl (C=O) groups is 2. The summed E-state index contributed by atoms with van der Waals surface area (Å²) in [6, 6.07) is 14.1. The molecular formula is C22H24FN3O3. The summed E-state index contributed by atoms with van der Waals surface area (Å²) in [6.45, 7) is 2.86. The number of benzene rings is 2. The number of hydrogen-bond donors (Lipinski definition) is 0. The Hall–Kier alpha value is -3.09. The molecule has 0 unspecified atom stereocenters. The van der Waals surface area contributed by atoms with Crippen LogP contribution in [0.3, 0.4) is 0 Å². The summed E-state index contributed by atoms with van der Waals surface area (Å²) in [5.41, 5.74) is 1.31. The highest BCUT2D eigenvalue weighted by Crippen LogP contribution is 2.29. The molecule has 29 heavy (non-hydrogen) atoms. The molecule has 2 aliphatic rings. The molecule has 7 heteroatoms. The van der Waals surface area contributed by atoms with Crippen molar-refractivity contribution >= 4 is 23.2 Å². The van der Waals surface area contributed by atoms with E-state index < -0.39 is 11.7 Å². The molecule has 0 spiro atoms. The van der Waals surface area contributed by atoms with Crippen LogP contribution >= 0.6 is 0 Å². The van der Waals surface area contributed by atoms with Gasteiger partial charge in [-0.2, -0.15) is 0 Å². The Morgan fingerprint density at radius 1 is 1.07 bits per heavy atom. The molecule has 2 saturated heterocycles. The first-order valence-corrected chi connectivity index (χ1v) is 9.79. The van der Waals surface area contributed by atoms with Gasteiger partial charge in [0.15, 0.2) is 0 Å². The molecule has 0 saturated carbocycles. The maximum Gasteiger partial charge on any atom is 0.228 e. The van der Waals surface area contributed by atoms with Crippen molar-refractivity contribution in [3.63, 3.8) is 0 Å². The van der Waals surface area contributed by atoms with Crippen LogP contribution in [0.25, 0.3) is 0 Å². The summed E-state index contributed by atoms with van der Waals surface area (Å²) in [5.74, 6) is -0.295. The first kappa shape index (κ1) is 19.2. The fraction of sp³-hybridized carbons (Fsp3) is 0.364. The average Bonchev–Trinajstić information content (AvgIpc) is 3.15. The number of rotatable bonds is 4. The summed E-state index contributed by atoms with van der Waals surface area (Å²) in [5, 5.41) is 0. The van der Waals surface area contributed by atoms with Crippen molar-refractivity contribution < 1.29 is 18.7 Å². The van der Waals surface area contributed by atoms with E-state index >= 15 is 0 Å². The zero-order chi connectivity index (χ0) is 20.4. The van der Waals surface area contributed by atoms with Gasteiger partial charge in [-0.3, -0.25) is 9.59 Å². The number of methoxy groups -OCH3 is 1. The second kappa shape index (κ2) is 8.11. The van der Waals surface area contributed by atoms with Crippen molar-refractivity contribution in [2.75, 3.05) is 49.6 Å². The van der Waals surface area contributed by atoms with E-state index in [0.717, 1.165) is 24.5 Å². The fourth-order valence-electron chi connectivity index (χ4n) is 4.03. The summed E-state index contributed by atoms with van der Waals surface area (Å²) < 4.78 is 19.3. The summed E-state index contributed by atoms with van der Waals surface area (Å²) in [6.07, 6.45) is 0.128. The number of ether oxygens (including phenoxy) is 1. The Morgan fingerprint density at radius 2 is 1.83 bits per heavy atom. The van der Waals surface area contributed by atoms with Gasteiger partial charge in [-0.15, -0.1) is 0 Å². The summed E-state index contributed by atoms with van der Waals surface area (Å²) in [4.78, 5) is 30.8. The molecule has 2 heterocycles. The Labute approximate surface area is 169 Å². The number of piperazine rings is 1. The van der Waals surface area contributed by atoms with Gasteiger partial charge in [-0.1, -0.05) is 18.2 Å².